The van der Waals surface area contributed by atoms with E-state index >= 15 is 0 Å². The Morgan fingerprint density at radius 1 is 0.772 bits per heavy atom. The zero-order valence-corrected chi connectivity index (χ0v) is 34.2. The summed E-state index contributed by atoms with van der Waals surface area (Å²) < 4.78 is 23.4. The number of carbonyl (C=O) groups is 3. The van der Waals surface area contributed by atoms with Gasteiger partial charge in [-0.3, -0.25) is 9.59 Å². The highest BCUT2D eigenvalue weighted by atomic mass is 16.7. The molecular weight excluding hydrogens is 744 g/mol. The molecule has 0 aromatic rings. The van der Waals surface area contributed by atoms with Crippen LogP contribution in [0.5, 0.6) is 0 Å². The summed E-state index contributed by atoms with van der Waals surface area (Å²) in [6, 6.07) is 0. The fraction of sp³-hybridized carbons (Fsp3) is 0.881. The average Bonchev–Trinajstić information content (AvgIpc) is 3.13. The molecule has 0 unspecified atom stereocenters. The number of carboxylic acid groups (broad SMARTS) is 2. The number of hydrogen-bond acceptors (Lipinski definition) is 13. The number of aliphatic hydroxyl groups excluding tert-OH is 6. The molecule has 6 fully saturated rings. The zero-order valence-electron chi connectivity index (χ0n) is 34.2. The molecule has 0 bridgehead atoms. The van der Waals surface area contributed by atoms with Crippen LogP contribution in [0.15, 0.2) is 11.6 Å². The van der Waals surface area contributed by atoms with Gasteiger partial charge in [-0.1, -0.05) is 47.1 Å². The molecular formula is C42H64O15. The largest absolute Gasteiger partial charge is 0.481 e. The van der Waals surface area contributed by atoms with Gasteiger partial charge in [0.25, 0.3) is 0 Å². The lowest BCUT2D eigenvalue weighted by atomic mass is 9.33. The fourth-order valence-corrected chi connectivity index (χ4v) is 13.4. The molecule has 19 atom stereocenters. The van der Waals surface area contributed by atoms with Gasteiger partial charge in [-0.05, 0) is 110 Å². The van der Waals surface area contributed by atoms with E-state index in [0.717, 1.165) is 37.7 Å². The standard InChI is InChI=1S/C42H64O15/c1-37(2)23-8-11-42(7)32(21(44)16-19-20-17-39(4,36(52)53)13-12-38(20,3)14-15-41(19,42)6)40(23,5)10-9-24(37)55-35-29(49)30(25(45)22(18-43)54-35)56-34-28(48)26(46)27(47)31(57-34)33(50)51/h16,20,22-32,34-35,43,45-49H,8-15,17-18H2,1-7H3,(H,50,51)(H,52,53)/t20-,22-,23+,24+,25-,26+,27+,28-,29-,30+,31+,32-,34-,35+,38-,39+,40+,41-,42-/m1/s1. The van der Waals surface area contributed by atoms with Gasteiger partial charge in [-0.15, -0.1) is 0 Å². The van der Waals surface area contributed by atoms with E-state index in [4.69, 9.17) is 18.9 Å². The van der Waals surface area contributed by atoms with Gasteiger partial charge in [0, 0.05) is 5.92 Å². The van der Waals surface area contributed by atoms with Gasteiger partial charge in [-0.2, -0.15) is 0 Å². The van der Waals surface area contributed by atoms with Crippen molar-refractivity contribution >= 4 is 17.7 Å². The quantitative estimate of drug-likeness (QED) is 0.172. The maximum Gasteiger partial charge on any atom is 0.335 e. The van der Waals surface area contributed by atoms with Crippen molar-refractivity contribution in [1.29, 1.82) is 0 Å². The molecule has 2 heterocycles. The lowest BCUT2D eigenvalue weighted by molar-refractivity contribution is -0.366. The van der Waals surface area contributed by atoms with Gasteiger partial charge in [-0.25, -0.2) is 4.79 Å². The Balaban J connectivity index is 1.13. The van der Waals surface area contributed by atoms with E-state index in [-0.39, 0.29) is 39.8 Å². The predicted molar refractivity (Wildman–Crippen MR) is 199 cm³/mol. The van der Waals surface area contributed by atoms with Crippen LogP contribution in [-0.2, 0) is 33.3 Å². The normalized spacial score (nSPS) is 53.4. The number of hydrogen-bond donors (Lipinski definition) is 8. The van der Waals surface area contributed by atoms with Gasteiger partial charge in [0.05, 0.1) is 18.1 Å². The number of carboxylic acids is 2. The maximum absolute atomic E-state index is 14.8. The Hall–Kier alpha value is -2.05. The van der Waals surface area contributed by atoms with Crippen LogP contribution in [0.1, 0.15) is 106 Å². The lowest BCUT2D eigenvalue weighted by Gasteiger charge is -2.70. The van der Waals surface area contributed by atoms with Gasteiger partial charge in [0.2, 0.25) is 0 Å². The first-order valence-corrected chi connectivity index (χ1v) is 20.8. The van der Waals surface area contributed by atoms with Crippen LogP contribution in [0.2, 0.25) is 0 Å². The average molecular weight is 809 g/mol. The molecule has 2 aliphatic heterocycles. The van der Waals surface area contributed by atoms with Crippen LogP contribution in [0.4, 0.5) is 0 Å². The number of rotatable bonds is 7. The molecule has 0 spiro atoms. The van der Waals surface area contributed by atoms with Crippen molar-refractivity contribution in [3.63, 3.8) is 0 Å². The van der Waals surface area contributed by atoms with Crippen molar-refractivity contribution in [2.45, 2.75) is 174 Å². The Morgan fingerprint density at radius 2 is 1.42 bits per heavy atom. The summed E-state index contributed by atoms with van der Waals surface area (Å²) in [5.41, 5.74) is -1.41. The fourth-order valence-electron chi connectivity index (χ4n) is 13.4. The van der Waals surface area contributed by atoms with Crippen LogP contribution in [0, 0.1) is 50.2 Å². The number of aliphatic hydroxyl groups is 6. The predicted octanol–water partition coefficient (Wildman–Crippen LogP) is 2.15. The first-order valence-electron chi connectivity index (χ1n) is 20.8. The SMILES string of the molecule is CC1(C)[C@@H](O[C@@H]2O[C@H](CO)[C@@H](O)[C@H](O[C@@H]3O[C@H](C(=O)O)[C@@H](O)[C@H](O)[C@H]3O)[C@H]2O)CC[C@]2(C)[C@H]3C(=O)C=C4[C@H]5C[C@@](C)(C(=O)O)CC[C@]5(C)CC[C@@]4(C)[C@]3(C)CC[C@@H]12. The van der Waals surface area contributed by atoms with Crippen molar-refractivity contribution in [3.05, 3.63) is 11.6 Å². The monoisotopic (exact) mass is 808 g/mol. The first kappa shape index (κ1) is 43.1. The van der Waals surface area contributed by atoms with Gasteiger partial charge in [0.1, 0.15) is 42.7 Å². The minimum absolute atomic E-state index is 0.00169. The highest BCUT2D eigenvalue weighted by Crippen LogP contribution is 2.75. The number of carbonyl (C=O) groups excluding carboxylic acids is 1. The molecule has 4 saturated carbocycles. The Bertz CT molecular complexity index is 1650. The molecule has 5 aliphatic carbocycles. The molecule has 0 aromatic carbocycles. The van der Waals surface area contributed by atoms with E-state index < -0.39 is 102 Å². The highest BCUT2D eigenvalue weighted by molar-refractivity contribution is 5.95. The highest BCUT2D eigenvalue weighted by Gasteiger charge is 2.71. The van der Waals surface area contributed by atoms with Crippen molar-refractivity contribution in [3.8, 4) is 0 Å². The number of allylic oxidation sites excluding steroid dienone is 2. The molecule has 0 radical (unpaired) electrons. The minimum atomic E-state index is -1.98. The summed E-state index contributed by atoms with van der Waals surface area (Å²) in [5.74, 6) is -2.57. The molecule has 7 rings (SSSR count). The third-order valence-corrected chi connectivity index (χ3v) is 17.3. The van der Waals surface area contributed by atoms with Crippen LogP contribution < -0.4 is 0 Å². The van der Waals surface area contributed by atoms with Gasteiger partial charge < -0.3 is 59.8 Å². The minimum Gasteiger partial charge on any atom is -0.481 e. The summed E-state index contributed by atoms with van der Waals surface area (Å²) in [5, 5.41) is 83.5. The third kappa shape index (κ3) is 6.31. The number of ether oxygens (including phenoxy) is 4. The summed E-state index contributed by atoms with van der Waals surface area (Å²) in [6.07, 6.45) is -9.61. The zero-order chi connectivity index (χ0) is 42.0. The molecule has 15 heteroatoms. The van der Waals surface area contributed by atoms with Crippen molar-refractivity contribution < 1.29 is 74.2 Å². The molecule has 2 saturated heterocycles. The van der Waals surface area contributed by atoms with Crippen molar-refractivity contribution in [1.82, 2.24) is 0 Å². The van der Waals surface area contributed by atoms with E-state index in [0.29, 0.717) is 25.7 Å². The molecule has 8 N–H and O–H groups in total. The number of fused-ring (bicyclic) bond motifs is 7. The van der Waals surface area contributed by atoms with E-state index in [1.165, 1.54) is 0 Å². The van der Waals surface area contributed by atoms with Gasteiger partial charge in [0.15, 0.2) is 24.5 Å². The first-order chi connectivity index (χ1) is 26.4. The van der Waals surface area contributed by atoms with Crippen molar-refractivity contribution in [2.75, 3.05) is 6.61 Å². The third-order valence-electron chi connectivity index (χ3n) is 17.3. The van der Waals surface area contributed by atoms with Gasteiger partial charge >= 0.3 is 11.9 Å². The second-order valence-corrected chi connectivity index (χ2v) is 20.6. The number of aliphatic carboxylic acids is 2. The Morgan fingerprint density at radius 3 is 2.05 bits per heavy atom. The van der Waals surface area contributed by atoms with E-state index in [1.807, 2.05) is 13.0 Å². The van der Waals surface area contributed by atoms with E-state index in [1.54, 1.807) is 0 Å². The Kier molecular flexibility index (Phi) is 10.8. The van der Waals surface area contributed by atoms with E-state index in [9.17, 15) is 55.2 Å². The van der Waals surface area contributed by atoms with Crippen LogP contribution in [-0.4, -0.2) is 133 Å². The van der Waals surface area contributed by atoms with E-state index in [2.05, 4.69) is 41.5 Å². The number of ketones is 1. The topological polar surface area (TPSA) is 250 Å². The van der Waals surface area contributed by atoms with Crippen LogP contribution in [0.3, 0.4) is 0 Å². The summed E-state index contributed by atoms with van der Waals surface area (Å²) in [4.78, 5) is 39.0. The van der Waals surface area contributed by atoms with Crippen LogP contribution >= 0.6 is 0 Å². The second-order valence-electron chi connectivity index (χ2n) is 20.6. The Labute approximate surface area is 333 Å². The molecule has 322 valence electrons. The molecule has 15 nitrogen and oxygen atoms in total. The summed E-state index contributed by atoms with van der Waals surface area (Å²) >= 11 is 0. The van der Waals surface area contributed by atoms with Crippen LogP contribution in [0.25, 0.3) is 0 Å². The lowest BCUT2D eigenvalue weighted by Crippen LogP contribution is -2.68. The molecule has 7 aliphatic rings. The summed E-state index contributed by atoms with van der Waals surface area (Å²) in [7, 11) is 0. The second kappa shape index (κ2) is 14.3. The van der Waals surface area contributed by atoms with Crippen molar-refractivity contribution in [2.24, 2.45) is 50.2 Å². The summed E-state index contributed by atoms with van der Waals surface area (Å²) in [6.45, 7) is 14.4. The molecule has 0 amide bonds. The molecule has 57 heavy (non-hydrogen) atoms. The smallest absolute Gasteiger partial charge is 0.335 e. The maximum atomic E-state index is 14.8. The molecule has 0 aromatic heterocycles.